The normalized spacial score (nSPS) is 30.4. The van der Waals surface area contributed by atoms with Crippen LogP contribution in [0.2, 0.25) is 0 Å². The number of benzene rings is 1. The van der Waals surface area contributed by atoms with Gasteiger partial charge in [-0.25, -0.2) is 4.39 Å². The Morgan fingerprint density at radius 3 is 2.65 bits per heavy atom. The van der Waals surface area contributed by atoms with Crippen LogP contribution in [-0.2, 0) is 10.8 Å². The topological polar surface area (TPSA) is 29.1 Å². The molecule has 0 heterocycles. The lowest BCUT2D eigenvalue weighted by Crippen LogP contribution is -2.32. The molecule has 0 spiro atoms. The van der Waals surface area contributed by atoms with E-state index in [-0.39, 0.29) is 11.1 Å². The van der Waals surface area contributed by atoms with E-state index in [2.05, 4.69) is 12.2 Å². The Morgan fingerprint density at radius 2 is 2.06 bits per heavy atom. The molecule has 1 N–H and O–H groups in total. The van der Waals surface area contributed by atoms with Crippen LogP contribution in [0.25, 0.3) is 0 Å². The molecule has 4 heteroatoms. The molecule has 1 fully saturated rings. The van der Waals surface area contributed by atoms with Crippen molar-refractivity contribution in [3.05, 3.63) is 30.1 Å². The van der Waals surface area contributed by atoms with E-state index >= 15 is 0 Å². The van der Waals surface area contributed by atoms with Crippen molar-refractivity contribution in [2.45, 2.75) is 36.0 Å². The highest BCUT2D eigenvalue weighted by atomic mass is 32.2. The molecule has 1 aromatic rings. The van der Waals surface area contributed by atoms with Gasteiger partial charge < -0.3 is 5.32 Å². The number of nitrogens with one attached hydrogen (secondary N) is 1. The van der Waals surface area contributed by atoms with Gasteiger partial charge in [-0.15, -0.1) is 0 Å². The first-order valence-electron chi connectivity index (χ1n) is 5.97. The van der Waals surface area contributed by atoms with Crippen LogP contribution in [0, 0.1) is 11.7 Å². The van der Waals surface area contributed by atoms with Gasteiger partial charge in [-0.05, 0) is 37.9 Å². The van der Waals surface area contributed by atoms with Crippen molar-refractivity contribution in [2.75, 3.05) is 7.05 Å². The molecular weight excluding hydrogens is 237 g/mol. The van der Waals surface area contributed by atoms with Crippen LogP contribution >= 0.6 is 0 Å². The van der Waals surface area contributed by atoms with Gasteiger partial charge in [-0.1, -0.05) is 19.1 Å². The summed E-state index contributed by atoms with van der Waals surface area (Å²) in [7, 11) is 0.688. The number of hydrogen-bond donors (Lipinski definition) is 1. The van der Waals surface area contributed by atoms with Crippen LogP contribution in [0.4, 0.5) is 4.39 Å². The number of hydrogen-bond acceptors (Lipinski definition) is 2. The zero-order chi connectivity index (χ0) is 12.4. The Balaban J connectivity index is 2.19. The van der Waals surface area contributed by atoms with E-state index in [1.807, 2.05) is 7.05 Å². The van der Waals surface area contributed by atoms with Crippen molar-refractivity contribution < 1.29 is 8.60 Å². The largest absolute Gasteiger partial charge is 0.317 e. The minimum absolute atomic E-state index is 0.0596. The van der Waals surface area contributed by atoms with E-state index in [4.69, 9.17) is 0 Å². The predicted octanol–water partition coefficient (Wildman–Crippen LogP) is 2.32. The molecule has 0 aliphatic heterocycles. The average molecular weight is 255 g/mol. The van der Waals surface area contributed by atoms with Crippen molar-refractivity contribution in [1.82, 2.24) is 5.32 Å². The highest BCUT2D eigenvalue weighted by Gasteiger charge is 2.36. The maximum absolute atomic E-state index is 13.6. The lowest BCUT2D eigenvalue weighted by molar-refractivity contribution is 0.459. The summed E-state index contributed by atoms with van der Waals surface area (Å²) < 4.78 is 26.0. The van der Waals surface area contributed by atoms with Gasteiger partial charge in [0.2, 0.25) is 0 Å². The first-order chi connectivity index (χ1) is 8.15. The second kappa shape index (κ2) is 5.27. The quantitative estimate of drug-likeness (QED) is 0.898. The zero-order valence-corrected chi connectivity index (χ0v) is 11.0. The van der Waals surface area contributed by atoms with E-state index < -0.39 is 10.8 Å². The summed E-state index contributed by atoms with van der Waals surface area (Å²) in [6.07, 6.45) is 1.91. The second-order valence-electron chi connectivity index (χ2n) is 4.60. The van der Waals surface area contributed by atoms with E-state index in [0.717, 1.165) is 12.8 Å². The average Bonchev–Trinajstić information content (AvgIpc) is 2.70. The monoisotopic (exact) mass is 255 g/mol. The van der Waals surface area contributed by atoms with Crippen LogP contribution < -0.4 is 5.32 Å². The second-order valence-corrected chi connectivity index (χ2v) is 6.24. The van der Waals surface area contributed by atoms with Crippen LogP contribution in [0.15, 0.2) is 29.2 Å². The fourth-order valence-corrected chi connectivity index (χ4v) is 4.34. The molecule has 0 radical (unpaired) electrons. The first kappa shape index (κ1) is 12.7. The van der Waals surface area contributed by atoms with Crippen molar-refractivity contribution in [1.29, 1.82) is 0 Å². The Kier molecular flexibility index (Phi) is 3.94. The molecule has 2 nitrogen and oxygen atoms in total. The molecule has 1 saturated carbocycles. The molecule has 17 heavy (non-hydrogen) atoms. The van der Waals surface area contributed by atoms with Crippen molar-refractivity contribution in [3.63, 3.8) is 0 Å². The van der Waals surface area contributed by atoms with Gasteiger partial charge in [0.05, 0.1) is 15.7 Å². The zero-order valence-electron chi connectivity index (χ0n) is 10.2. The van der Waals surface area contributed by atoms with E-state index in [0.29, 0.717) is 16.9 Å². The molecule has 1 aromatic carbocycles. The first-order valence-corrected chi connectivity index (χ1v) is 7.19. The minimum Gasteiger partial charge on any atom is -0.317 e. The Bertz CT molecular complexity index is 424. The number of rotatable bonds is 3. The molecule has 2 rings (SSSR count). The highest BCUT2D eigenvalue weighted by Crippen LogP contribution is 2.32. The van der Waals surface area contributed by atoms with Crippen molar-refractivity contribution in [3.8, 4) is 0 Å². The Hall–Kier alpha value is -0.740. The summed E-state index contributed by atoms with van der Waals surface area (Å²) in [4.78, 5) is 0.348. The smallest absolute Gasteiger partial charge is 0.139 e. The van der Waals surface area contributed by atoms with Gasteiger partial charge >= 0.3 is 0 Å². The van der Waals surface area contributed by atoms with Crippen LogP contribution in [-0.4, -0.2) is 22.5 Å². The molecule has 0 amide bonds. The molecule has 1 aliphatic carbocycles. The summed E-state index contributed by atoms with van der Waals surface area (Å²) in [6, 6.07) is 6.78. The summed E-state index contributed by atoms with van der Waals surface area (Å²) in [5, 5.41) is 3.30. The molecule has 94 valence electrons. The van der Waals surface area contributed by atoms with Crippen LogP contribution in [0.5, 0.6) is 0 Å². The third-order valence-corrected chi connectivity index (χ3v) is 5.66. The maximum atomic E-state index is 13.6. The fourth-order valence-electron chi connectivity index (χ4n) is 2.61. The fraction of sp³-hybridized carbons (Fsp3) is 0.538. The van der Waals surface area contributed by atoms with Gasteiger partial charge in [-0.3, -0.25) is 4.21 Å². The Labute approximate surface area is 104 Å². The van der Waals surface area contributed by atoms with Gasteiger partial charge in [0.25, 0.3) is 0 Å². The summed E-state index contributed by atoms with van der Waals surface area (Å²) in [5.74, 6) is -0.0358. The molecule has 0 bridgehead atoms. The molecule has 0 saturated heterocycles. The van der Waals surface area contributed by atoms with Crippen molar-refractivity contribution >= 4 is 10.8 Å². The predicted molar refractivity (Wildman–Crippen MR) is 67.8 cm³/mol. The lowest BCUT2D eigenvalue weighted by atomic mass is 10.1. The van der Waals surface area contributed by atoms with Gasteiger partial charge in [-0.2, -0.15) is 0 Å². The van der Waals surface area contributed by atoms with Gasteiger partial charge in [0, 0.05) is 11.3 Å². The number of halogens is 1. The maximum Gasteiger partial charge on any atom is 0.139 e. The van der Waals surface area contributed by atoms with Crippen LogP contribution in [0.3, 0.4) is 0 Å². The third kappa shape index (κ3) is 2.43. The highest BCUT2D eigenvalue weighted by molar-refractivity contribution is 7.85. The van der Waals surface area contributed by atoms with E-state index in [1.165, 1.54) is 6.07 Å². The molecule has 4 unspecified atom stereocenters. The minimum atomic E-state index is -1.24. The molecule has 4 atom stereocenters. The Morgan fingerprint density at radius 1 is 1.35 bits per heavy atom. The van der Waals surface area contributed by atoms with Crippen molar-refractivity contribution in [2.24, 2.45) is 5.92 Å². The molecule has 0 aromatic heterocycles. The lowest BCUT2D eigenvalue weighted by Gasteiger charge is -2.20. The standard InChI is InChI=1S/C13H18FNOS/c1-9-11(15-2)7-8-12(9)17(16)13-6-4-3-5-10(13)14/h3-6,9,11-12,15H,7-8H2,1-2H3. The van der Waals surface area contributed by atoms with E-state index in [9.17, 15) is 8.60 Å². The molecular formula is C13H18FNOS. The van der Waals surface area contributed by atoms with Gasteiger partial charge in [0.15, 0.2) is 0 Å². The summed E-state index contributed by atoms with van der Waals surface area (Å²) >= 11 is 0. The molecule has 1 aliphatic rings. The summed E-state index contributed by atoms with van der Waals surface area (Å²) in [6.45, 7) is 2.09. The third-order valence-electron chi connectivity index (χ3n) is 3.68. The summed E-state index contributed by atoms with van der Waals surface area (Å²) in [5.41, 5.74) is 0. The van der Waals surface area contributed by atoms with Gasteiger partial charge in [0.1, 0.15) is 5.82 Å². The SMILES string of the molecule is CNC1CCC(S(=O)c2ccccc2F)C1C. The van der Waals surface area contributed by atoms with E-state index in [1.54, 1.807) is 18.2 Å². The van der Waals surface area contributed by atoms with Crippen LogP contribution in [0.1, 0.15) is 19.8 Å².